The molecule has 316 valence electrons. The molecule has 0 spiro atoms. The van der Waals surface area contributed by atoms with Crippen LogP contribution in [0, 0.1) is 40.4 Å². The normalized spacial score (nSPS) is 28.8. The number of amides is 7. The fraction of sp³-hybridized carbons (Fsp3) is 0.659. The van der Waals surface area contributed by atoms with Crippen LogP contribution in [0.25, 0.3) is 0 Å². The van der Waals surface area contributed by atoms with Crippen LogP contribution in [-0.2, 0) is 28.8 Å². The zero-order valence-corrected chi connectivity index (χ0v) is 35.2. The second-order valence-corrected chi connectivity index (χ2v) is 19.6. The first-order valence-electron chi connectivity index (χ1n) is 20.9. The van der Waals surface area contributed by atoms with Crippen molar-refractivity contribution < 1.29 is 33.6 Å². The molecule has 1 aromatic rings. The van der Waals surface area contributed by atoms with E-state index in [0.29, 0.717) is 36.3 Å². The number of nitrogens with one attached hydrogen (secondary N) is 5. The number of piperidine rings is 1. The van der Waals surface area contributed by atoms with Gasteiger partial charge in [0.2, 0.25) is 29.4 Å². The quantitative estimate of drug-likeness (QED) is 0.133. The Bertz CT molecular complexity index is 1770. The largest absolute Gasteiger partial charge is 0.347 e. The van der Waals surface area contributed by atoms with Crippen LogP contribution in [0.15, 0.2) is 43.0 Å². The van der Waals surface area contributed by atoms with Gasteiger partial charge in [0.25, 0.3) is 5.91 Å². The van der Waals surface area contributed by atoms with E-state index in [4.69, 9.17) is 0 Å². The number of likely N-dealkylation sites (tertiary alicyclic amines) is 1. The summed E-state index contributed by atoms with van der Waals surface area (Å²) in [6.07, 6.45) is 8.56. The molecule has 5 N–H and O–H groups in total. The maximum Gasteiger partial charge on any atom is 0.315 e. The van der Waals surface area contributed by atoms with Gasteiger partial charge in [0.15, 0.2) is 0 Å². The number of urea groups is 1. The molecule has 7 rings (SSSR count). The number of rotatable bonds is 15. The van der Waals surface area contributed by atoms with Gasteiger partial charge in [-0.2, -0.15) is 0 Å². The number of Topliss-reactive ketones (excluding diaryl/α,β-unsaturated/α-hetero) is 1. The average molecular weight is 802 g/mol. The van der Waals surface area contributed by atoms with Gasteiger partial charge in [0.1, 0.15) is 18.1 Å². The van der Waals surface area contributed by atoms with Crippen molar-refractivity contribution in [3.8, 4) is 0 Å². The first kappa shape index (κ1) is 42.8. The molecule has 14 heteroatoms. The third-order valence-corrected chi connectivity index (χ3v) is 13.6. The van der Waals surface area contributed by atoms with Gasteiger partial charge in [-0.15, -0.1) is 6.58 Å². The highest BCUT2D eigenvalue weighted by Gasteiger charge is 2.70. The second kappa shape index (κ2) is 16.5. The number of nitrogens with zero attached hydrogens (tertiary/aromatic N) is 2. The van der Waals surface area contributed by atoms with Gasteiger partial charge >= 0.3 is 6.03 Å². The van der Waals surface area contributed by atoms with Crippen molar-refractivity contribution >= 4 is 41.4 Å². The molecule has 0 aromatic heterocycles. The molecule has 0 unspecified atom stereocenters. The Morgan fingerprint density at radius 3 is 2.07 bits per heavy atom. The highest BCUT2D eigenvalue weighted by Crippen LogP contribution is 2.65. The predicted octanol–water partition coefficient (Wildman–Crippen LogP) is 3.23. The lowest BCUT2D eigenvalue weighted by atomic mass is 9.53. The van der Waals surface area contributed by atoms with E-state index in [1.807, 2.05) is 20.8 Å². The Labute approximate surface area is 342 Å². The standard InChI is InChI=1S/C44H63N7O7/c1-9-10-16-30(35(53)38(55)45-23-31(52)47-33(39(56)50(7)8)28-14-12-11-13-15-28)46-37(54)34-32-29(43(32,5)6)24-51(34)40(57)36(42(2,3)4)48-41(58)49-44-20-25-17-26(21-44)19-27(18-25)22-44/h9,11-15,25-27,29-30,32-34,36H,1,10,16-24H2,2-8H3,(H,45,55)(H,46,54)(H,47,52)(H2,48,49,58)/t25?,26?,27?,29-,30-,32-,33-,34-,36+,44?/m0/s1. The number of benzene rings is 1. The fourth-order valence-corrected chi connectivity index (χ4v) is 10.9. The molecule has 6 fully saturated rings. The lowest BCUT2D eigenvalue weighted by Gasteiger charge is -2.56. The SMILES string of the molecule is C=CCC[C@H](NC(=O)[C@@H]1[C@@H]2[C@H](CN1C(=O)[C@@H](NC(=O)NC13CC4CC(CC(C4)C1)C3)C(C)(C)C)C2(C)C)C(=O)C(=O)NCC(=O)N[C@H](C(=O)N(C)C)c1ccccc1. The van der Waals surface area contributed by atoms with Gasteiger partial charge in [-0.1, -0.05) is 71.0 Å². The minimum Gasteiger partial charge on any atom is -0.347 e. The van der Waals surface area contributed by atoms with Crippen LogP contribution in [0.5, 0.6) is 0 Å². The van der Waals surface area contributed by atoms with Gasteiger partial charge in [0.05, 0.1) is 12.6 Å². The first-order chi connectivity index (χ1) is 27.2. The Balaban J connectivity index is 1.11. The lowest BCUT2D eigenvalue weighted by Crippen LogP contribution is -2.65. The topological polar surface area (TPSA) is 186 Å². The van der Waals surface area contributed by atoms with E-state index in [2.05, 4.69) is 47.0 Å². The number of carbonyl (C=O) groups is 7. The number of fused-ring (bicyclic) bond motifs is 1. The van der Waals surface area contributed by atoms with E-state index in [0.717, 1.165) is 19.3 Å². The van der Waals surface area contributed by atoms with Crippen molar-refractivity contribution in [3.05, 3.63) is 48.6 Å². The third kappa shape index (κ3) is 8.95. The van der Waals surface area contributed by atoms with Crippen molar-refractivity contribution in [2.24, 2.45) is 40.4 Å². The maximum absolute atomic E-state index is 14.6. The lowest BCUT2D eigenvalue weighted by molar-refractivity contribution is -0.145. The molecular weight excluding hydrogens is 739 g/mol. The number of carbonyl (C=O) groups excluding carboxylic acids is 7. The molecule has 14 nitrogen and oxygen atoms in total. The summed E-state index contributed by atoms with van der Waals surface area (Å²) in [5.74, 6) is -2.26. The van der Waals surface area contributed by atoms with Crippen LogP contribution in [-0.4, -0.2) is 102 Å². The van der Waals surface area contributed by atoms with Crippen LogP contribution in [0.3, 0.4) is 0 Å². The highest BCUT2D eigenvalue weighted by atomic mass is 16.2. The molecule has 58 heavy (non-hydrogen) atoms. The number of hydrogen-bond donors (Lipinski definition) is 5. The fourth-order valence-electron chi connectivity index (χ4n) is 10.9. The zero-order valence-electron chi connectivity index (χ0n) is 35.2. The Morgan fingerprint density at radius 1 is 0.914 bits per heavy atom. The molecule has 7 amide bonds. The summed E-state index contributed by atoms with van der Waals surface area (Å²) in [5.41, 5.74) is -0.622. The molecule has 5 aliphatic carbocycles. The van der Waals surface area contributed by atoms with Gasteiger partial charge in [-0.05, 0) is 97.3 Å². The van der Waals surface area contributed by atoms with E-state index in [1.165, 1.54) is 24.2 Å². The molecule has 4 bridgehead atoms. The van der Waals surface area contributed by atoms with Gasteiger partial charge in [-0.3, -0.25) is 28.8 Å². The van der Waals surface area contributed by atoms with Crippen molar-refractivity contribution in [1.29, 1.82) is 0 Å². The van der Waals surface area contributed by atoms with E-state index in [1.54, 1.807) is 55.4 Å². The second-order valence-electron chi connectivity index (χ2n) is 19.6. The van der Waals surface area contributed by atoms with Crippen LogP contribution >= 0.6 is 0 Å². The number of hydrogen-bond acceptors (Lipinski definition) is 7. The average Bonchev–Trinajstić information content (AvgIpc) is 3.44. The smallest absolute Gasteiger partial charge is 0.315 e. The summed E-state index contributed by atoms with van der Waals surface area (Å²) in [4.78, 5) is 98.3. The summed E-state index contributed by atoms with van der Waals surface area (Å²) in [7, 11) is 3.13. The molecule has 6 aliphatic rings. The monoisotopic (exact) mass is 801 g/mol. The Hall–Kier alpha value is -4.75. The molecule has 5 saturated carbocycles. The van der Waals surface area contributed by atoms with Crippen LogP contribution in [0.1, 0.15) is 97.6 Å². The van der Waals surface area contributed by atoms with E-state index < -0.39 is 59.6 Å². The minimum atomic E-state index is -1.26. The van der Waals surface area contributed by atoms with Gasteiger partial charge in [0, 0.05) is 26.2 Å². The van der Waals surface area contributed by atoms with Gasteiger partial charge < -0.3 is 36.4 Å². The summed E-state index contributed by atoms with van der Waals surface area (Å²) < 4.78 is 0. The highest BCUT2D eigenvalue weighted by molar-refractivity contribution is 6.38. The molecule has 6 atom stereocenters. The maximum atomic E-state index is 14.6. The van der Waals surface area contributed by atoms with Crippen LogP contribution in [0.2, 0.25) is 0 Å². The van der Waals surface area contributed by atoms with Crippen molar-refractivity contribution in [1.82, 2.24) is 36.4 Å². The number of allylic oxidation sites excluding steroid dienone is 1. The molecule has 1 heterocycles. The predicted molar refractivity (Wildman–Crippen MR) is 217 cm³/mol. The summed E-state index contributed by atoms with van der Waals surface area (Å²) in [6, 6.07) is 4.17. The minimum absolute atomic E-state index is 0.0388. The summed E-state index contributed by atoms with van der Waals surface area (Å²) >= 11 is 0. The van der Waals surface area contributed by atoms with Crippen molar-refractivity contribution in [2.45, 2.75) is 116 Å². The van der Waals surface area contributed by atoms with Crippen molar-refractivity contribution in [2.75, 3.05) is 27.2 Å². The Morgan fingerprint density at radius 2 is 1.52 bits per heavy atom. The van der Waals surface area contributed by atoms with Crippen LogP contribution < -0.4 is 26.6 Å². The third-order valence-electron chi connectivity index (χ3n) is 13.6. The molecule has 1 aliphatic heterocycles. The first-order valence-corrected chi connectivity index (χ1v) is 20.9. The van der Waals surface area contributed by atoms with E-state index in [9.17, 15) is 33.6 Å². The summed E-state index contributed by atoms with van der Waals surface area (Å²) in [6.45, 7) is 13.2. The number of ketones is 1. The molecule has 1 aromatic carbocycles. The summed E-state index contributed by atoms with van der Waals surface area (Å²) in [5, 5.41) is 14.1. The Kier molecular flexibility index (Phi) is 12.2. The molecule has 0 radical (unpaired) electrons. The van der Waals surface area contributed by atoms with Crippen molar-refractivity contribution in [3.63, 3.8) is 0 Å². The van der Waals surface area contributed by atoms with E-state index >= 15 is 0 Å². The number of likely N-dealkylation sites (N-methyl/N-ethyl adjacent to an activating group) is 1. The molecule has 1 saturated heterocycles. The van der Waals surface area contributed by atoms with Gasteiger partial charge in [-0.25, -0.2) is 4.79 Å². The molecular formula is C44H63N7O7. The zero-order chi connectivity index (χ0) is 42.3. The van der Waals surface area contributed by atoms with Crippen LogP contribution in [0.4, 0.5) is 4.79 Å². The van der Waals surface area contributed by atoms with E-state index in [-0.39, 0.29) is 47.1 Å².